The van der Waals surface area contributed by atoms with E-state index < -0.39 is 29.2 Å². The summed E-state index contributed by atoms with van der Waals surface area (Å²) in [4.78, 5) is 34.2. The van der Waals surface area contributed by atoms with Crippen molar-refractivity contribution in [3.63, 3.8) is 0 Å². The molecule has 2 amide bonds. The van der Waals surface area contributed by atoms with Gasteiger partial charge in [0, 0.05) is 40.3 Å². The van der Waals surface area contributed by atoms with Gasteiger partial charge in [0.2, 0.25) is 5.60 Å². The van der Waals surface area contributed by atoms with Crippen molar-refractivity contribution in [1.82, 2.24) is 14.8 Å². The maximum absolute atomic E-state index is 14.7. The van der Waals surface area contributed by atoms with Crippen molar-refractivity contribution in [3.05, 3.63) is 58.7 Å². The molecule has 0 unspecified atom stereocenters. The number of piperidine rings is 2. The predicted molar refractivity (Wildman–Crippen MR) is 147 cm³/mol. The predicted octanol–water partition coefficient (Wildman–Crippen LogP) is 5.37. The van der Waals surface area contributed by atoms with Crippen LogP contribution in [0.2, 0.25) is 5.15 Å². The number of alkyl halides is 5. The molecule has 0 bridgehead atoms. The maximum Gasteiger partial charge on any atom is 0.457 e. The van der Waals surface area contributed by atoms with E-state index in [0.29, 0.717) is 30.1 Å². The molecular weight excluding hydrogens is 583 g/mol. The van der Waals surface area contributed by atoms with Crippen molar-refractivity contribution in [3.8, 4) is 0 Å². The van der Waals surface area contributed by atoms with Gasteiger partial charge >= 0.3 is 12.1 Å². The minimum Gasteiger partial charge on any atom is -0.370 e. The monoisotopic (exact) mass is 616 g/mol. The van der Waals surface area contributed by atoms with E-state index >= 15 is 0 Å². The standard InChI is InChI=1S/C29H34ClF5N4O3/c1-37(2)25(40)22-8-9-23(36-24(22)30)38-14-10-19(11-15-38)18-20-12-16-39(17-13-20)26(41)27(42,21-6-4-3-5-7-21)28(31,32)29(33,34)35/h3-9,19-20,42H,10-18H2,1-2H3/t27-/m1/s1. The Balaban J connectivity index is 1.34. The van der Waals surface area contributed by atoms with E-state index in [9.17, 15) is 36.6 Å². The van der Waals surface area contributed by atoms with Crippen molar-refractivity contribution < 1.29 is 36.6 Å². The average Bonchev–Trinajstić information content (AvgIpc) is 2.96. The van der Waals surface area contributed by atoms with Crippen LogP contribution in [0.5, 0.6) is 0 Å². The molecule has 2 aliphatic heterocycles. The molecule has 7 nitrogen and oxygen atoms in total. The minimum atomic E-state index is -6.13. The van der Waals surface area contributed by atoms with E-state index in [0.717, 1.165) is 49.4 Å². The molecule has 1 N–H and O–H groups in total. The number of carbonyl (C=O) groups is 2. The molecule has 1 atom stereocenters. The lowest BCUT2D eigenvalue weighted by Gasteiger charge is -2.42. The van der Waals surface area contributed by atoms with Gasteiger partial charge in [0.1, 0.15) is 11.0 Å². The topological polar surface area (TPSA) is 77.0 Å². The Morgan fingerprint density at radius 2 is 1.48 bits per heavy atom. The van der Waals surface area contributed by atoms with E-state index in [4.69, 9.17) is 11.6 Å². The fourth-order valence-electron chi connectivity index (χ4n) is 5.79. The largest absolute Gasteiger partial charge is 0.457 e. The number of likely N-dealkylation sites (tertiary alicyclic amines) is 1. The molecule has 1 aromatic heterocycles. The summed E-state index contributed by atoms with van der Waals surface area (Å²) in [6.45, 7) is 1.41. The van der Waals surface area contributed by atoms with Crippen LogP contribution in [0.1, 0.15) is 48.0 Å². The first-order valence-corrected chi connectivity index (χ1v) is 14.2. The summed E-state index contributed by atoms with van der Waals surface area (Å²) in [5.41, 5.74) is -4.54. The SMILES string of the molecule is CN(C)C(=O)c1ccc(N2CCC(CC3CCN(C(=O)[C@](O)(c4ccccc4)C(F)(F)C(F)(F)F)CC3)CC2)nc1Cl. The lowest BCUT2D eigenvalue weighted by atomic mass is 9.81. The first-order valence-electron chi connectivity index (χ1n) is 13.8. The van der Waals surface area contributed by atoms with Gasteiger partial charge in [0.25, 0.3) is 11.8 Å². The smallest absolute Gasteiger partial charge is 0.370 e. The summed E-state index contributed by atoms with van der Waals surface area (Å²) in [5, 5.41) is 10.9. The molecule has 2 saturated heterocycles. The van der Waals surface area contributed by atoms with E-state index in [1.807, 2.05) is 0 Å². The number of pyridine rings is 1. The first kappa shape index (κ1) is 31.9. The van der Waals surface area contributed by atoms with Crippen molar-refractivity contribution in [2.24, 2.45) is 11.8 Å². The van der Waals surface area contributed by atoms with E-state index in [1.54, 1.807) is 26.2 Å². The lowest BCUT2D eigenvalue weighted by molar-refractivity contribution is -0.339. The van der Waals surface area contributed by atoms with Crippen LogP contribution >= 0.6 is 11.6 Å². The van der Waals surface area contributed by atoms with Gasteiger partial charge in [0.05, 0.1) is 5.56 Å². The minimum absolute atomic E-state index is 0.0220. The molecule has 2 fully saturated rings. The highest BCUT2D eigenvalue weighted by Crippen LogP contribution is 2.49. The molecular formula is C29H34ClF5N4O3. The molecule has 13 heteroatoms. The van der Waals surface area contributed by atoms with Crippen LogP contribution < -0.4 is 4.90 Å². The highest BCUT2D eigenvalue weighted by Gasteiger charge is 2.74. The Kier molecular flexibility index (Phi) is 9.37. The van der Waals surface area contributed by atoms with Gasteiger partial charge in [-0.3, -0.25) is 9.59 Å². The number of rotatable bonds is 7. The highest BCUT2D eigenvalue weighted by atomic mass is 35.5. The van der Waals surface area contributed by atoms with Crippen LogP contribution in [0.25, 0.3) is 0 Å². The molecule has 42 heavy (non-hydrogen) atoms. The van der Waals surface area contributed by atoms with Crippen LogP contribution in [-0.2, 0) is 10.4 Å². The van der Waals surface area contributed by atoms with Gasteiger partial charge in [-0.25, -0.2) is 4.98 Å². The molecule has 2 aromatic rings. The molecule has 230 valence electrons. The number of aromatic nitrogens is 1. The van der Waals surface area contributed by atoms with Gasteiger partial charge in [-0.15, -0.1) is 0 Å². The number of anilines is 1. The normalized spacial score (nSPS) is 19.0. The molecule has 0 spiro atoms. The fraction of sp³-hybridized carbons (Fsp3) is 0.552. The Labute approximate surface area is 246 Å². The van der Waals surface area contributed by atoms with Crippen LogP contribution in [0, 0.1) is 11.8 Å². The van der Waals surface area contributed by atoms with Crippen LogP contribution in [0.15, 0.2) is 42.5 Å². The number of halogens is 6. The number of carbonyl (C=O) groups excluding carboxylic acids is 2. The zero-order valence-corrected chi connectivity index (χ0v) is 24.1. The van der Waals surface area contributed by atoms with E-state index in [1.165, 1.54) is 23.1 Å². The molecule has 3 heterocycles. The first-order chi connectivity index (χ1) is 19.7. The number of hydrogen-bond acceptors (Lipinski definition) is 5. The van der Waals surface area contributed by atoms with Crippen molar-refractivity contribution in [2.75, 3.05) is 45.2 Å². The number of benzene rings is 1. The van der Waals surface area contributed by atoms with Gasteiger partial charge in [-0.2, -0.15) is 22.0 Å². The number of aliphatic hydroxyl groups is 1. The van der Waals surface area contributed by atoms with Crippen molar-refractivity contribution >= 4 is 29.2 Å². The van der Waals surface area contributed by atoms with Gasteiger partial charge in [-0.05, 0) is 61.6 Å². The zero-order valence-electron chi connectivity index (χ0n) is 23.4. The van der Waals surface area contributed by atoms with Crippen LogP contribution in [-0.4, -0.2) is 84.1 Å². The Hall–Kier alpha value is -2.99. The second kappa shape index (κ2) is 12.3. The maximum atomic E-state index is 14.7. The summed E-state index contributed by atoms with van der Waals surface area (Å²) >= 11 is 6.26. The van der Waals surface area contributed by atoms with Gasteiger partial charge in [-0.1, -0.05) is 41.9 Å². The Morgan fingerprint density at radius 1 is 0.929 bits per heavy atom. The fourth-order valence-corrected chi connectivity index (χ4v) is 6.02. The summed E-state index contributed by atoms with van der Waals surface area (Å²) in [5.74, 6) is -6.35. The second-order valence-corrected chi connectivity index (χ2v) is 11.6. The average molecular weight is 617 g/mol. The third-order valence-corrected chi connectivity index (χ3v) is 8.58. The third-order valence-electron chi connectivity index (χ3n) is 8.29. The Morgan fingerprint density at radius 3 is 1.98 bits per heavy atom. The molecule has 1 aromatic carbocycles. The molecule has 0 saturated carbocycles. The van der Waals surface area contributed by atoms with Gasteiger partial charge in [0.15, 0.2) is 0 Å². The molecule has 2 aliphatic rings. The highest BCUT2D eigenvalue weighted by molar-refractivity contribution is 6.32. The van der Waals surface area contributed by atoms with Crippen LogP contribution in [0.4, 0.5) is 27.8 Å². The summed E-state index contributed by atoms with van der Waals surface area (Å²) in [6, 6.07) is 9.03. The summed E-state index contributed by atoms with van der Waals surface area (Å²) in [6.07, 6.45) is -2.69. The number of nitrogens with zero attached hydrogens (tertiary/aromatic N) is 4. The van der Waals surface area contributed by atoms with E-state index in [-0.39, 0.29) is 30.1 Å². The van der Waals surface area contributed by atoms with Crippen LogP contribution in [0.3, 0.4) is 0 Å². The molecule has 0 radical (unpaired) electrons. The van der Waals surface area contributed by atoms with Crippen molar-refractivity contribution in [2.45, 2.75) is 49.8 Å². The lowest BCUT2D eigenvalue weighted by Crippen LogP contribution is -2.63. The quantitative estimate of drug-likeness (QED) is 0.335. The number of hydrogen-bond donors (Lipinski definition) is 1. The van der Waals surface area contributed by atoms with Crippen molar-refractivity contribution in [1.29, 1.82) is 0 Å². The number of amides is 2. The molecule has 0 aliphatic carbocycles. The summed E-state index contributed by atoms with van der Waals surface area (Å²) in [7, 11) is 3.27. The summed E-state index contributed by atoms with van der Waals surface area (Å²) < 4.78 is 69.5. The van der Waals surface area contributed by atoms with Gasteiger partial charge < -0.3 is 19.8 Å². The second-order valence-electron chi connectivity index (χ2n) is 11.3. The molecule has 4 rings (SSSR count). The Bertz CT molecular complexity index is 1260. The van der Waals surface area contributed by atoms with E-state index in [2.05, 4.69) is 9.88 Å². The third kappa shape index (κ3) is 6.20. The zero-order chi connectivity index (χ0) is 30.9.